The number of hydrogen-bond donors (Lipinski definition) is 1. The van der Waals surface area contributed by atoms with Crippen molar-refractivity contribution in [2.75, 3.05) is 11.9 Å². The van der Waals surface area contributed by atoms with Crippen LogP contribution < -0.4 is 4.90 Å². The highest BCUT2D eigenvalue weighted by molar-refractivity contribution is 5.98. The van der Waals surface area contributed by atoms with Crippen molar-refractivity contribution in [1.82, 2.24) is 4.98 Å². The topological polar surface area (TPSA) is 53.4 Å². The zero-order chi connectivity index (χ0) is 14.9. The third-order valence-electron chi connectivity index (χ3n) is 3.84. The van der Waals surface area contributed by atoms with Crippen molar-refractivity contribution in [3.05, 3.63) is 35.9 Å². The number of carboxylic acids is 1. The van der Waals surface area contributed by atoms with E-state index in [1.165, 1.54) is 0 Å². The predicted octanol–water partition coefficient (Wildman–Crippen LogP) is 3.41. The van der Waals surface area contributed by atoms with Crippen molar-refractivity contribution in [3.63, 3.8) is 0 Å². The van der Waals surface area contributed by atoms with E-state index >= 15 is 0 Å². The summed E-state index contributed by atoms with van der Waals surface area (Å²) in [6, 6.07) is 9.48. The maximum atomic E-state index is 11.5. The Labute approximate surface area is 119 Å². The summed E-state index contributed by atoms with van der Waals surface area (Å²) in [4.78, 5) is 18.0. The van der Waals surface area contributed by atoms with Gasteiger partial charge in [-0.3, -0.25) is 0 Å². The number of nitrogens with zero attached hydrogens (tertiary/aromatic N) is 2. The van der Waals surface area contributed by atoms with Crippen molar-refractivity contribution in [1.29, 1.82) is 0 Å². The van der Waals surface area contributed by atoms with Crippen molar-refractivity contribution >= 4 is 22.7 Å². The molecule has 0 amide bonds. The molecule has 2 aromatic rings. The number of carboxylic acid groups (broad SMARTS) is 1. The molecule has 20 heavy (non-hydrogen) atoms. The van der Waals surface area contributed by atoms with E-state index in [2.05, 4.69) is 25.8 Å². The number of hydrogen-bond acceptors (Lipinski definition) is 3. The fraction of sp³-hybridized carbons (Fsp3) is 0.375. The Kier molecular flexibility index (Phi) is 3.93. The molecule has 0 bridgehead atoms. The molecule has 0 saturated heterocycles. The fourth-order valence-electron chi connectivity index (χ4n) is 2.17. The lowest BCUT2D eigenvalue weighted by Crippen LogP contribution is -2.35. The van der Waals surface area contributed by atoms with Crippen LogP contribution in [0, 0.1) is 5.92 Å². The zero-order valence-electron chi connectivity index (χ0n) is 12.3. The summed E-state index contributed by atoms with van der Waals surface area (Å²) >= 11 is 0. The molecule has 1 heterocycles. The summed E-state index contributed by atoms with van der Waals surface area (Å²) in [7, 11) is 1.90. The molecule has 4 nitrogen and oxygen atoms in total. The van der Waals surface area contributed by atoms with Crippen molar-refractivity contribution in [2.24, 2.45) is 5.92 Å². The first kappa shape index (κ1) is 14.3. The first-order valence-corrected chi connectivity index (χ1v) is 6.77. The van der Waals surface area contributed by atoms with Gasteiger partial charge in [0.15, 0.2) is 0 Å². The molecule has 1 atom stereocenters. The quantitative estimate of drug-likeness (QED) is 0.926. The summed E-state index contributed by atoms with van der Waals surface area (Å²) < 4.78 is 0. The molecule has 0 radical (unpaired) electrons. The van der Waals surface area contributed by atoms with Gasteiger partial charge in [-0.05, 0) is 25.0 Å². The van der Waals surface area contributed by atoms with E-state index in [9.17, 15) is 9.90 Å². The van der Waals surface area contributed by atoms with Crippen molar-refractivity contribution in [3.8, 4) is 0 Å². The molecule has 1 aromatic carbocycles. The molecule has 106 valence electrons. The molecule has 1 N–H and O–H groups in total. The summed E-state index contributed by atoms with van der Waals surface area (Å²) in [5, 5.41) is 10.3. The lowest BCUT2D eigenvalue weighted by atomic mass is 10.0. The van der Waals surface area contributed by atoms with Gasteiger partial charge in [-0.15, -0.1) is 0 Å². The second kappa shape index (κ2) is 5.49. The number of aromatic nitrogens is 1. The molecule has 0 aliphatic carbocycles. The standard InChI is InChI=1S/C16H20N2O2/c1-10(2)11(3)18(4)15-13(16(19)20)9-12-7-5-6-8-14(12)17-15/h5-11H,1-4H3,(H,19,20). The third kappa shape index (κ3) is 2.59. The highest BCUT2D eigenvalue weighted by Gasteiger charge is 2.21. The van der Waals surface area contributed by atoms with Crippen LogP contribution in [0.2, 0.25) is 0 Å². The van der Waals surface area contributed by atoms with Gasteiger partial charge in [-0.1, -0.05) is 32.0 Å². The largest absolute Gasteiger partial charge is 0.478 e. The van der Waals surface area contributed by atoms with E-state index in [-0.39, 0.29) is 11.6 Å². The smallest absolute Gasteiger partial charge is 0.339 e. The normalized spacial score (nSPS) is 12.7. The van der Waals surface area contributed by atoms with E-state index in [1.807, 2.05) is 36.2 Å². The van der Waals surface area contributed by atoms with Gasteiger partial charge in [0.2, 0.25) is 0 Å². The summed E-state index contributed by atoms with van der Waals surface area (Å²) in [6.45, 7) is 6.30. The van der Waals surface area contributed by atoms with Gasteiger partial charge < -0.3 is 10.0 Å². The number of aromatic carboxylic acids is 1. The van der Waals surface area contributed by atoms with Crippen LogP contribution in [0.1, 0.15) is 31.1 Å². The van der Waals surface area contributed by atoms with Crippen molar-refractivity contribution < 1.29 is 9.90 Å². The fourth-order valence-corrected chi connectivity index (χ4v) is 2.17. The Hall–Kier alpha value is -2.10. The molecular weight excluding hydrogens is 252 g/mol. The van der Waals surface area contributed by atoms with Crippen LogP contribution in [0.4, 0.5) is 5.82 Å². The number of rotatable bonds is 4. The maximum Gasteiger partial charge on any atom is 0.339 e. The van der Waals surface area contributed by atoms with E-state index in [0.717, 1.165) is 10.9 Å². The van der Waals surface area contributed by atoms with Crippen LogP contribution in [-0.2, 0) is 0 Å². The highest BCUT2D eigenvalue weighted by atomic mass is 16.4. The summed E-state index contributed by atoms with van der Waals surface area (Å²) in [5.41, 5.74) is 1.06. The molecule has 2 rings (SSSR count). The molecule has 1 aromatic heterocycles. The highest BCUT2D eigenvalue weighted by Crippen LogP contribution is 2.25. The molecule has 0 aliphatic heterocycles. The SMILES string of the molecule is CC(C)C(C)N(C)c1nc2ccccc2cc1C(=O)O. The predicted molar refractivity (Wildman–Crippen MR) is 81.4 cm³/mol. The lowest BCUT2D eigenvalue weighted by Gasteiger charge is -2.30. The van der Waals surface area contributed by atoms with Crippen molar-refractivity contribution in [2.45, 2.75) is 26.8 Å². The van der Waals surface area contributed by atoms with Crippen LogP contribution >= 0.6 is 0 Å². The Morgan fingerprint density at radius 1 is 1.25 bits per heavy atom. The number of pyridine rings is 1. The minimum absolute atomic E-state index is 0.210. The number of para-hydroxylation sites is 1. The second-order valence-corrected chi connectivity index (χ2v) is 5.45. The molecule has 0 aliphatic rings. The molecule has 0 spiro atoms. The van der Waals surface area contributed by atoms with Crippen LogP contribution in [-0.4, -0.2) is 29.1 Å². The summed E-state index contributed by atoms with van der Waals surface area (Å²) in [6.07, 6.45) is 0. The average molecular weight is 272 g/mol. The number of anilines is 1. The number of benzene rings is 1. The van der Waals surface area contributed by atoms with Gasteiger partial charge in [-0.25, -0.2) is 9.78 Å². The Morgan fingerprint density at radius 3 is 2.50 bits per heavy atom. The first-order valence-electron chi connectivity index (χ1n) is 6.77. The molecule has 0 fully saturated rings. The monoisotopic (exact) mass is 272 g/mol. The van der Waals surface area contributed by atoms with Gasteiger partial charge in [0.25, 0.3) is 0 Å². The Bertz CT molecular complexity index is 637. The Morgan fingerprint density at radius 2 is 1.90 bits per heavy atom. The van der Waals surface area contributed by atoms with Crippen LogP contribution in [0.25, 0.3) is 10.9 Å². The summed E-state index contributed by atoms with van der Waals surface area (Å²) in [5.74, 6) is -0.00613. The van der Waals surface area contributed by atoms with Gasteiger partial charge in [-0.2, -0.15) is 0 Å². The second-order valence-electron chi connectivity index (χ2n) is 5.45. The number of carbonyl (C=O) groups is 1. The van der Waals surface area contributed by atoms with E-state index in [0.29, 0.717) is 11.7 Å². The van der Waals surface area contributed by atoms with Gasteiger partial charge in [0.05, 0.1) is 5.52 Å². The minimum Gasteiger partial charge on any atom is -0.478 e. The molecule has 4 heteroatoms. The van der Waals surface area contributed by atoms with Crippen LogP contribution in [0.5, 0.6) is 0 Å². The third-order valence-corrected chi connectivity index (χ3v) is 3.84. The minimum atomic E-state index is -0.943. The first-order chi connectivity index (χ1) is 9.41. The van der Waals surface area contributed by atoms with Crippen LogP contribution in [0.15, 0.2) is 30.3 Å². The van der Waals surface area contributed by atoms with E-state index < -0.39 is 5.97 Å². The molecule has 0 saturated carbocycles. The van der Waals surface area contributed by atoms with Crippen LogP contribution in [0.3, 0.4) is 0 Å². The average Bonchev–Trinajstić information content (AvgIpc) is 2.44. The lowest BCUT2D eigenvalue weighted by molar-refractivity contribution is 0.0697. The van der Waals surface area contributed by atoms with E-state index in [4.69, 9.17) is 0 Å². The van der Waals surface area contributed by atoms with Gasteiger partial charge in [0, 0.05) is 18.5 Å². The van der Waals surface area contributed by atoms with Gasteiger partial charge in [0.1, 0.15) is 11.4 Å². The molecule has 1 unspecified atom stereocenters. The van der Waals surface area contributed by atoms with Gasteiger partial charge >= 0.3 is 5.97 Å². The number of fused-ring (bicyclic) bond motifs is 1. The molecular formula is C16H20N2O2. The zero-order valence-corrected chi connectivity index (χ0v) is 12.3. The van der Waals surface area contributed by atoms with E-state index in [1.54, 1.807) is 6.07 Å². The maximum absolute atomic E-state index is 11.5. The Balaban J connectivity index is 2.60.